The summed E-state index contributed by atoms with van der Waals surface area (Å²) in [6.45, 7) is 4.09. The van der Waals surface area contributed by atoms with Crippen molar-refractivity contribution in [3.63, 3.8) is 0 Å². The van der Waals surface area contributed by atoms with Crippen LogP contribution in [0.15, 0.2) is 24.3 Å². The second-order valence-corrected chi connectivity index (χ2v) is 6.01. The number of nitrogens with zero attached hydrogens (tertiary/aromatic N) is 1. The molecule has 1 aliphatic rings. The minimum absolute atomic E-state index is 0.00651. The molecular weight excluding hydrogens is 292 g/mol. The van der Waals surface area contributed by atoms with E-state index in [0.717, 1.165) is 25.8 Å². The summed E-state index contributed by atoms with van der Waals surface area (Å²) in [6, 6.07) is 7.31. The Bertz CT molecular complexity index is 545. The van der Waals surface area contributed by atoms with Gasteiger partial charge in [-0.2, -0.15) is 0 Å². The summed E-state index contributed by atoms with van der Waals surface area (Å²) < 4.78 is 5.29. The summed E-state index contributed by atoms with van der Waals surface area (Å²) in [6.07, 6.45) is 3.43. The van der Waals surface area contributed by atoms with E-state index in [-0.39, 0.29) is 11.8 Å². The zero-order valence-electron chi connectivity index (χ0n) is 14.0. The molecule has 0 saturated carbocycles. The van der Waals surface area contributed by atoms with Crippen molar-refractivity contribution in [3.05, 3.63) is 29.8 Å². The molecule has 1 aliphatic heterocycles. The van der Waals surface area contributed by atoms with Crippen molar-refractivity contribution in [2.75, 3.05) is 26.7 Å². The van der Waals surface area contributed by atoms with Crippen molar-refractivity contribution in [3.8, 4) is 5.75 Å². The molecule has 1 saturated heterocycles. The standard InChI is InChI=1S/C18H26N2O3/c1-3-7-17(21)19-12-14-8-6-11-20(13-14)18(22)15-9-4-5-10-16(15)23-2/h4-5,9-10,14H,3,6-8,11-13H2,1-2H3,(H,19,21). The van der Waals surface area contributed by atoms with Gasteiger partial charge in [-0.3, -0.25) is 9.59 Å². The second-order valence-electron chi connectivity index (χ2n) is 6.01. The van der Waals surface area contributed by atoms with Crippen LogP contribution in [0.1, 0.15) is 43.0 Å². The van der Waals surface area contributed by atoms with Crippen molar-refractivity contribution in [1.29, 1.82) is 0 Å². The number of hydrogen-bond donors (Lipinski definition) is 1. The number of carbonyl (C=O) groups excluding carboxylic acids is 2. The van der Waals surface area contributed by atoms with Crippen molar-refractivity contribution in [2.24, 2.45) is 5.92 Å². The Hall–Kier alpha value is -2.04. The van der Waals surface area contributed by atoms with Gasteiger partial charge >= 0.3 is 0 Å². The minimum atomic E-state index is 0.00651. The average molecular weight is 318 g/mol. The summed E-state index contributed by atoms with van der Waals surface area (Å²) in [5, 5.41) is 2.97. The molecule has 0 aromatic heterocycles. The molecule has 0 spiro atoms. The molecule has 1 unspecified atom stereocenters. The fourth-order valence-electron chi connectivity index (χ4n) is 2.98. The van der Waals surface area contributed by atoms with Crippen LogP contribution < -0.4 is 10.1 Å². The van der Waals surface area contributed by atoms with Crippen LogP contribution in [0.25, 0.3) is 0 Å². The first kappa shape index (κ1) is 17.3. The minimum Gasteiger partial charge on any atom is -0.496 e. The Kier molecular flexibility index (Phi) is 6.44. The fraction of sp³-hybridized carbons (Fsp3) is 0.556. The molecule has 1 N–H and O–H groups in total. The van der Waals surface area contributed by atoms with E-state index in [2.05, 4.69) is 5.32 Å². The van der Waals surface area contributed by atoms with Gasteiger partial charge in [-0.25, -0.2) is 0 Å². The highest BCUT2D eigenvalue weighted by molar-refractivity contribution is 5.97. The highest BCUT2D eigenvalue weighted by atomic mass is 16.5. The van der Waals surface area contributed by atoms with Gasteiger partial charge in [0.1, 0.15) is 5.75 Å². The van der Waals surface area contributed by atoms with Crippen LogP contribution >= 0.6 is 0 Å². The third kappa shape index (κ3) is 4.71. The average Bonchev–Trinajstić information content (AvgIpc) is 2.60. The summed E-state index contributed by atoms with van der Waals surface area (Å²) in [5.41, 5.74) is 0.602. The summed E-state index contributed by atoms with van der Waals surface area (Å²) in [4.78, 5) is 26.2. The van der Waals surface area contributed by atoms with Gasteiger partial charge in [0.05, 0.1) is 12.7 Å². The number of rotatable bonds is 6. The van der Waals surface area contributed by atoms with E-state index < -0.39 is 0 Å². The molecule has 0 aliphatic carbocycles. The van der Waals surface area contributed by atoms with E-state index in [4.69, 9.17) is 4.74 Å². The number of ether oxygens (including phenoxy) is 1. The van der Waals surface area contributed by atoms with E-state index in [9.17, 15) is 9.59 Å². The molecule has 1 atom stereocenters. The first-order valence-corrected chi connectivity index (χ1v) is 8.34. The highest BCUT2D eigenvalue weighted by Gasteiger charge is 2.26. The van der Waals surface area contributed by atoms with Gasteiger partial charge in [0.15, 0.2) is 0 Å². The maximum absolute atomic E-state index is 12.7. The summed E-state index contributed by atoms with van der Waals surface area (Å²) in [5.74, 6) is 1.03. The third-order valence-corrected chi connectivity index (χ3v) is 4.21. The number of benzene rings is 1. The molecule has 2 amide bonds. The first-order valence-electron chi connectivity index (χ1n) is 8.34. The van der Waals surface area contributed by atoms with Crippen LogP contribution in [0.4, 0.5) is 0 Å². The van der Waals surface area contributed by atoms with Gasteiger partial charge in [0.25, 0.3) is 5.91 Å². The van der Waals surface area contributed by atoms with Gasteiger partial charge in [-0.05, 0) is 37.3 Å². The van der Waals surface area contributed by atoms with E-state index in [0.29, 0.717) is 36.7 Å². The predicted molar refractivity (Wildman–Crippen MR) is 89.5 cm³/mol. The van der Waals surface area contributed by atoms with E-state index in [1.165, 1.54) is 0 Å². The SMILES string of the molecule is CCCC(=O)NCC1CCCN(C(=O)c2ccccc2OC)C1. The lowest BCUT2D eigenvalue weighted by molar-refractivity contribution is -0.121. The Morgan fingerprint density at radius 2 is 2.13 bits per heavy atom. The topological polar surface area (TPSA) is 58.6 Å². The normalized spacial score (nSPS) is 17.7. The first-order chi connectivity index (χ1) is 11.2. The maximum Gasteiger partial charge on any atom is 0.257 e. The molecule has 5 heteroatoms. The molecule has 1 aromatic rings. The molecule has 0 radical (unpaired) electrons. The summed E-state index contributed by atoms with van der Waals surface area (Å²) in [7, 11) is 1.58. The Morgan fingerprint density at radius 1 is 1.35 bits per heavy atom. The zero-order chi connectivity index (χ0) is 16.7. The second kappa shape index (κ2) is 8.56. The summed E-state index contributed by atoms with van der Waals surface area (Å²) >= 11 is 0. The Morgan fingerprint density at radius 3 is 2.87 bits per heavy atom. The number of methoxy groups -OCH3 is 1. The lowest BCUT2D eigenvalue weighted by atomic mass is 9.97. The van der Waals surface area contributed by atoms with E-state index >= 15 is 0 Å². The van der Waals surface area contributed by atoms with Crippen LogP contribution in [-0.4, -0.2) is 43.5 Å². The molecule has 23 heavy (non-hydrogen) atoms. The van der Waals surface area contributed by atoms with Crippen LogP contribution in [-0.2, 0) is 4.79 Å². The van der Waals surface area contributed by atoms with Crippen molar-refractivity contribution in [2.45, 2.75) is 32.6 Å². The monoisotopic (exact) mass is 318 g/mol. The highest BCUT2D eigenvalue weighted by Crippen LogP contribution is 2.23. The number of amides is 2. The number of nitrogens with one attached hydrogen (secondary N) is 1. The number of piperidine rings is 1. The van der Waals surface area contributed by atoms with Gasteiger partial charge in [0, 0.05) is 26.1 Å². The van der Waals surface area contributed by atoms with Gasteiger partial charge < -0.3 is 15.0 Å². The molecule has 0 bridgehead atoms. The predicted octanol–water partition coefficient (Wildman–Crippen LogP) is 2.46. The Labute approximate surface area is 138 Å². The Balaban J connectivity index is 1.95. The molecule has 1 aromatic carbocycles. The molecule has 1 fully saturated rings. The molecule has 5 nitrogen and oxygen atoms in total. The molecule has 1 heterocycles. The van der Waals surface area contributed by atoms with Gasteiger partial charge in [0.2, 0.25) is 5.91 Å². The smallest absolute Gasteiger partial charge is 0.257 e. The number of hydrogen-bond acceptors (Lipinski definition) is 3. The largest absolute Gasteiger partial charge is 0.496 e. The maximum atomic E-state index is 12.7. The molecule has 2 rings (SSSR count). The molecule has 126 valence electrons. The van der Waals surface area contributed by atoms with E-state index in [1.54, 1.807) is 19.2 Å². The van der Waals surface area contributed by atoms with Crippen molar-refractivity contribution < 1.29 is 14.3 Å². The van der Waals surface area contributed by atoms with Crippen molar-refractivity contribution >= 4 is 11.8 Å². The van der Waals surface area contributed by atoms with Crippen LogP contribution in [0, 0.1) is 5.92 Å². The van der Waals surface area contributed by atoms with Crippen LogP contribution in [0.3, 0.4) is 0 Å². The van der Waals surface area contributed by atoms with Crippen molar-refractivity contribution in [1.82, 2.24) is 10.2 Å². The number of likely N-dealkylation sites (tertiary alicyclic amines) is 1. The van der Waals surface area contributed by atoms with Gasteiger partial charge in [-0.15, -0.1) is 0 Å². The van der Waals surface area contributed by atoms with Gasteiger partial charge in [-0.1, -0.05) is 19.1 Å². The zero-order valence-corrected chi connectivity index (χ0v) is 14.0. The lowest BCUT2D eigenvalue weighted by Gasteiger charge is -2.33. The molecular formula is C18H26N2O3. The third-order valence-electron chi connectivity index (χ3n) is 4.21. The van der Waals surface area contributed by atoms with Crippen LogP contribution in [0.5, 0.6) is 5.75 Å². The number of carbonyl (C=O) groups is 2. The lowest BCUT2D eigenvalue weighted by Crippen LogP contribution is -2.43. The van der Waals surface area contributed by atoms with E-state index in [1.807, 2.05) is 24.0 Å². The fourth-order valence-corrected chi connectivity index (χ4v) is 2.98. The number of para-hydroxylation sites is 1. The van der Waals surface area contributed by atoms with Crippen LogP contribution in [0.2, 0.25) is 0 Å². The quantitative estimate of drug-likeness (QED) is 0.876.